The lowest BCUT2D eigenvalue weighted by molar-refractivity contribution is 0.0346. The summed E-state index contributed by atoms with van der Waals surface area (Å²) in [7, 11) is 1.95. The van der Waals surface area contributed by atoms with Gasteiger partial charge in [-0.25, -0.2) is 0 Å². The molecule has 0 bridgehead atoms. The molecule has 0 spiro atoms. The van der Waals surface area contributed by atoms with E-state index in [9.17, 15) is 0 Å². The van der Waals surface area contributed by atoms with Crippen molar-refractivity contribution in [2.45, 2.75) is 19.4 Å². The van der Waals surface area contributed by atoms with Gasteiger partial charge in [0.25, 0.3) is 0 Å². The zero-order valence-electron chi connectivity index (χ0n) is 16.0. The average Bonchev–Trinajstić information content (AvgIpc) is 3.28. The van der Waals surface area contributed by atoms with Gasteiger partial charge in [-0.2, -0.15) is 0 Å². The highest BCUT2D eigenvalue weighted by molar-refractivity contribution is 6.11. The molecule has 1 atom stereocenters. The van der Waals surface area contributed by atoms with Gasteiger partial charge in [-0.05, 0) is 36.6 Å². The number of fused-ring (bicyclic) bond motifs is 2. The summed E-state index contributed by atoms with van der Waals surface area (Å²) in [5, 5.41) is 9.07. The Bertz CT molecular complexity index is 1030. The van der Waals surface area contributed by atoms with Crippen LogP contribution in [0.25, 0.3) is 10.9 Å². The molecule has 1 aromatic heterocycles. The van der Waals surface area contributed by atoms with Gasteiger partial charge in [-0.3, -0.25) is 9.67 Å². The Balaban J connectivity index is 1.34. The van der Waals surface area contributed by atoms with Crippen molar-refractivity contribution in [3.63, 3.8) is 0 Å². The van der Waals surface area contributed by atoms with Gasteiger partial charge in [-0.15, -0.1) is 5.10 Å². The Kier molecular flexibility index (Phi) is 4.49. The van der Waals surface area contributed by atoms with Crippen LogP contribution in [0.3, 0.4) is 0 Å². The lowest BCUT2D eigenvalue weighted by Crippen LogP contribution is -2.23. The minimum atomic E-state index is 0.451. The van der Waals surface area contributed by atoms with Gasteiger partial charge in [0.1, 0.15) is 5.84 Å². The van der Waals surface area contributed by atoms with E-state index in [-0.39, 0.29) is 0 Å². The van der Waals surface area contributed by atoms with E-state index in [0.29, 0.717) is 18.4 Å². The molecule has 3 aromatic rings. The summed E-state index contributed by atoms with van der Waals surface area (Å²) in [6.45, 7) is 3.03. The van der Waals surface area contributed by atoms with Crippen LogP contribution in [0.2, 0.25) is 0 Å². The largest absolute Gasteiger partial charge is 0.476 e. The lowest BCUT2D eigenvalue weighted by Gasteiger charge is -2.21. The Hall–Kier alpha value is -2.86. The molecule has 0 amide bonds. The molecule has 0 aliphatic carbocycles. The summed E-state index contributed by atoms with van der Waals surface area (Å²) in [5.74, 6) is 2.07. The molecule has 1 N–H and O–H groups in total. The third-order valence-corrected chi connectivity index (χ3v) is 5.47. The lowest BCUT2D eigenvalue weighted by atomic mass is 10.0. The van der Waals surface area contributed by atoms with Gasteiger partial charge < -0.3 is 14.8 Å². The number of aromatic nitrogens is 2. The van der Waals surface area contributed by atoms with E-state index in [1.54, 1.807) is 0 Å². The van der Waals surface area contributed by atoms with E-state index in [1.807, 2.05) is 17.8 Å². The van der Waals surface area contributed by atoms with Gasteiger partial charge in [0.2, 0.25) is 5.88 Å². The summed E-state index contributed by atoms with van der Waals surface area (Å²) in [5.41, 5.74) is 4.46. The fourth-order valence-electron chi connectivity index (χ4n) is 3.93. The number of nitrogens with zero attached hydrogens (tertiary/aromatic N) is 3. The van der Waals surface area contributed by atoms with Crippen molar-refractivity contribution in [3.8, 4) is 5.88 Å². The molecule has 2 aromatic carbocycles. The molecule has 2 aliphatic heterocycles. The van der Waals surface area contributed by atoms with E-state index >= 15 is 0 Å². The van der Waals surface area contributed by atoms with Crippen LogP contribution in [0.4, 0.5) is 5.69 Å². The second-order valence-electron chi connectivity index (χ2n) is 7.50. The molecule has 0 radical (unpaired) electrons. The predicted molar refractivity (Wildman–Crippen MR) is 110 cm³/mol. The monoisotopic (exact) mass is 376 g/mol. The number of benzene rings is 2. The number of anilines is 1. The maximum absolute atomic E-state index is 6.04. The maximum atomic E-state index is 6.04. The highest BCUT2D eigenvalue weighted by Crippen LogP contribution is 2.29. The summed E-state index contributed by atoms with van der Waals surface area (Å²) in [6, 6.07) is 14.6. The fourth-order valence-corrected chi connectivity index (χ4v) is 3.93. The van der Waals surface area contributed by atoms with Crippen LogP contribution in [-0.4, -0.2) is 35.4 Å². The van der Waals surface area contributed by atoms with Gasteiger partial charge >= 0.3 is 0 Å². The standard InChI is InChI=1S/C22H24N4O2/c1-26-20-11-17(24-21-18-7-3-2-6-16(18)12-23-21)8-9-19(20)22(25-26)28-14-15-5-4-10-27-13-15/h2-3,6-9,11,15H,4-5,10,12-14H2,1H3,(H,23,24). The molecule has 144 valence electrons. The molecule has 2 aliphatic rings. The number of aryl methyl sites for hydroxylation is 1. The van der Waals surface area contributed by atoms with Crippen LogP contribution >= 0.6 is 0 Å². The molecule has 1 unspecified atom stereocenters. The van der Waals surface area contributed by atoms with Crippen LogP contribution in [0.15, 0.2) is 47.5 Å². The highest BCUT2D eigenvalue weighted by atomic mass is 16.5. The first kappa shape index (κ1) is 17.3. The maximum Gasteiger partial charge on any atom is 0.240 e. The first-order valence-corrected chi connectivity index (χ1v) is 9.85. The molecule has 3 heterocycles. The molecule has 5 rings (SSSR count). The third kappa shape index (κ3) is 3.24. The van der Waals surface area contributed by atoms with E-state index in [2.05, 4.69) is 51.8 Å². The smallest absolute Gasteiger partial charge is 0.240 e. The van der Waals surface area contributed by atoms with E-state index in [1.165, 1.54) is 11.1 Å². The molecule has 1 fully saturated rings. The zero-order valence-corrected chi connectivity index (χ0v) is 16.0. The first-order chi connectivity index (χ1) is 13.8. The topological polar surface area (TPSA) is 60.7 Å². The second-order valence-corrected chi connectivity index (χ2v) is 7.50. The average molecular weight is 376 g/mol. The van der Waals surface area contributed by atoms with Crippen LogP contribution in [0.1, 0.15) is 24.0 Å². The SMILES string of the molecule is Cn1nc(OCC2CCCOC2)c2ccc(NC3=NCc4ccccc43)cc21. The van der Waals surface area contributed by atoms with Gasteiger partial charge in [-0.1, -0.05) is 24.3 Å². The van der Waals surface area contributed by atoms with Gasteiger partial charge in [0, 0.05) is 30.8 Å². The van der Waals surface area contributed by atoms with Crippen molar-refractivity contribution in [1.29, 1.82) is 0 Å². The number of amidine groups is 1. The van der Waals surface area contributed by atoms with Crippen molar-refractivity contribution in [2.75, 3.05) is 25.1 Å². The Morgan fingerprint density at radius 3 is 3.07 bits per heavy atom. The molecule has 0 saturated carbocycles. The summed E-state index contributed by atoms with van der Waals surface area (Å²) < 4.78 is 13.5. The van der Waals surface area contributed by atoms with Gasteiger partial charge in [0.15, 0.2) is 0 Å². The van der Waals surface area contributed by atoms with Crippen LogP contribution in [0.5, 0.6) is 5.88 Å². The van der Waals surface area contributed by atoms with E-state index in [4.69, 9.17) is 9.47 Å². The molecule has 6 heteroatoms. The van der Waals surface area contributed by atoms with Crippen LogP contribution < -0.4 is 10.1 Å². The number of hydrogen-bond acceptors (Lipinski definition) is 5. The second kappa shape index (κ2) is 7.28. The van der Waals surface area contributed by atoms with Crippen molar-refractivity contribution in [2.24, 2.45) is 18.0 Å². The van der Waals surface area contributed by atoms with E-state index < -0.39 is 0 Å². The minimum Gasteiger partial charge on any atom is -0.476 e. The molecular formula is C22H24N4O2. The molecule has 28 heavy (non-hydrogen) atoms. The number of ether oxygens (including phenoxy) is 2. The van der Waals surface area contributed by atoms with Crippen molar-refractivity contribution in [3.05, 3.63) is 53.6 Å². The van der Waals surface area contributed by atoms with Crippen molar-refractivity contribution in [1.82, 2.24) is 9.78 Å². The Morgan fingerprint density at radius 2 is 2.18 bits per heavy atom. The number of nitrogens with one attached hydrogen (secondary N) is 1. The quantitative estimate of drug-likeness (QED) is 0.753. The summed E-state index contributed by atoms with van der Waals surface area (Å²) in [6.07, 6.45) is 2.27. The van der Waals surface area contributed by atoms with Crippen LogP contribution in [-0.2, 0) is 18.3 Å². The van der Waals surface area contributed by atoms with Crippen molar-refractivity contribution >= 4 is 22.4 Å². The van der Waals surface area contributed by atoms with Crippen LogP contribution in [0, 0.1) is 5.92 Å². The first-order valence-electron chi connectivity index (χ1n) is 9.85. The van der Waals surface area contributed by atoms with Crippen molar-refractivity contribution < 1.29 is 9.47 Å². The number of rotatable bonds is 4. The minimum absolute atomic E-state index is 0.451. The van der Waals surface area contributed by atoms with Gasteiger partial charge in [0.05, 0.1) is 30.7 Å². The summed E-state index contributed by atoms with van der Waals surface area (Å²) in [4.78, 5) is 4.63. The highest BCUT2D eigenvalue weighted by Gasteiger charge is 2.18. The fraction of sp³-hybridized carbons (Fsp3) is 0.364. The number of aliphatic imine (C=N–C) groups is 1. The summed E-state index contributed by atoms with van der Waals surface area (Å²) >= 11 is 0. The third-order valence-electron chi connectivity index (χ3n) is 5.47. The molecule has 6 nitrogen and oxygen atoms in total. The molecular weight excluding hydrogens is 352 g/mol. The number of hydrogen-bond donors (Lipinski definition) is 1. The predicted octanol–water partition coefficient (Wildman–Crippen LogP) is 3.75. The van der Waals surface area contributed by atoms with E-state index in [0.717, 1.165) is 55.0 Å². The normalized spacial score (nSPS) is 18.8. The Morgan fingerprint density at radius 1 is 1.25 bits per heavy atom. The molecule has 1 saturated heterocycles. The Labute approximate surface area is 164 Å². The zero-order chi connectivity index (χ0) is 18.9.